The molecule has 0 spiro atoms. The first kappa shape index (κ1) is 113. The molecular formula is C67H127N59O2. The number of H-pyrrole nitrogens is 4. The number of aromatic amines is 4. The van der Waals surface area contributed by atoms with Crippen molar-refractivity contribution in [3.05, 3.63) is 101 Å². The topological polar surface area (TPSA) is 907 Å². The summed E-state index contributed by atoms with van der Waals surface area (Å²) in [7, 11) is 0. The fourth-order valence-electron chi connectivity index (χ4n) is 8.97. The predicted octanol–water partition coefficient (Wildman–Crippen LogP) is 10.6. The fourth-order valence-corrected chi connectivity index (χ4v) is 8.97. The quantitative estimate of drug-likeness (QED) is 0.00747. The number of aliphatic hydroxyl groups excluding tert-OH is 2. The second-order valence-electron chi connectivity index (χ2n) is 28.9. The fraction of sp³-hybridized carbons (Fsp3) is 0.642. The third-order valence-corrected chi connectivity index (χ3v) is 14.9. The number of nitrogens with zero attached hydrogens (tertiary/aromatic N) is 43. The molecule has 0 radical (unpaired) electrons. The maximum Gasteiger partial charge on any atom is 0.258 e. The molecule has 0 saturated heterocycles. The Morgan fingerprint density at radius 2 is 0.875 bits per heavy atom. The van der Waals surface area contributed by atoms with Gasteiger partial charge in [-0.1, -0.05) is 104 Å². The van der Waals surface area contributed by atoms with Crippen LogP contribution in [0.1, 0.15) is 305 Å². The number of anilines is 8. The van der Waals surface area contributed by atoms with E-state index in [4.69, 9.17) is 83.4 Å². The Balaban J connectivity index is 0.00000139. The van der Waals surface area contributed by atoms with Gasteiger partial charge < -0.3 is 32.7 Å². The average Bonchev–Trinajstić information content (AvgIpc) is 1.69. The molecule has 0 aliphatic rings. The molecule has 0 bridgehead atoms. The van der Waals surface area contributed by atoms with Gasteiger partial charge in [-0.15, -0.1) is 40.8 Å². The third-order valence-electron chi connectivity index (χ3n) is 14.9. The van der Waals surface area contributed by atoms with Crippen LogP contribution in [0.25, 0.3) is 41.8 Å². The van der Waals surface area contributed by atoms with Gasteiger partial charge in [0.05, 0.1) is 36.8 Å². The van der Waals surface area contributed by atoms with Gasteiger partial charge in [-0.2, -0.15) is 55.7 Å². The van der Waals surface area contributed by atoms with Crippen molar-refractivity contribution in [1.82, 2.24) is 164 Å². The van der Waals surface area contributed by atoms with E-state index in [1.807, 2.05) is 155 Å². The van der Waals surface area contributed by atoms with E-state index in [0.717, 1.165) is 55.1 Å². The zero-order valence-corrected chi connectivity index (χ0v) is 76.0. The number of nitrogens with two attached hydrogens (primary N) is 7. The van der Waals surface area contributed by atoms with Gasteiger partial charge in [0, 0.05) is 74.8 Å². The van der Waals surface area contributed by atoms with E-state index in [2.05, 4.69) is 226 Å². The minimum absolute atomic E-state index is 0. The van der Waals surface area contributed by atoms with Crippen LogP contribution in [-0.2, 0) is 19.7 Å². The van der Waals surface area contributed by atoms with Crippen LogP contribution in [0.3, 0.4) is 0 Å². The normalized spacial score (nSPS) is 10.2. The first-order valence-corrected chi connectivity index (χ1v) is 39.6. The number of nitriles is 2. The lowest BCUT2D eigenvalue weighted by Gasteiger charge is -2.09. The van der Waals surface area contributed by atoms with E-state index in [-0.39, 0.29) is 110 Å². The average molecular weight is 1790 g/mol. The van der Waals surface area contributed by atoms with Crippen molar-refractivity contribution < 1.29 is 10.2 Å². The van der Waals surface area contributed by atoms with E-state index in [0.29, 0.717) is 77.6 Å². The Morgan fingerprint density at radius 3 is 1.25 bits per heavy atom. The molecule has 0 aliphatic heterocycles. The second-order valence-corrected chi connectivity index (χ2v) is 28.9. The van der Waals surface area contributed by atoms with Crippen LogP contribution < -0.4 is 67.6 Å². The van der Waals surface area contributed by atoms with Crippen molar-refractivity contribution in [1.29, 1.82) is 10.5 Å². The van der Waals surface area contributed by atoms with Crippen molar-refractivity contribution >= 4 is 71.4 Å². The predicted molar refractivity (Wildman–Crippen MR) is 480 cm³/mol. The highest BCUT2D eigenvalue weighted by Crippen LogP contribution is 2.21. The van der Waals surface area contributed by atoms with Crippen LogP contribution >= 0.6 is 0 Å². The number of aryl methyl sites for hydroxylation is 2. The van der Waals surface area contributed by atoms with Crippen molar-refractivity contribution in [2.24, 2.45) is 43.8 Å². The number of hydrogen-bond donors (Lipinski definition) is 18. The molecule has 61 nitrogen and oxygen atoms in total. The van der Waals surface area contributed by atoms with E-state index in [1.165, 1.54) is 9.36 Å². The Labute approximate surface area is 739 Å². The van der Waals surface area contributed by atoms with Crippen LogP contribution in [0.15, 0.2) is 26.8 Å². The summed E-state index contributed by atoms with van der Waals surface area (Å²) >= 11 is 0. The first-order chi connectivity index (χ1) is 60.2. The molecule has 0 aromatic carbocycles. The van der Waals surface area contributed by atoms with Gasteiger partial charge in [-0.3, -0.25) is 42.1 Å². The number of hydrogen-bond acceptors (Lipinski definition) is 42. The summed E-state index contributed by atoms with van der Waals surface area (Å²) in [6.07, 6.45) is 3.73. The summed E-state index contributed by atoms with van der Waals surface area (Å²) in [5.41, 5.74) is 58.5. The van der Waals surface area contributed by atoms with E-state index >= 15 is 0 Å². The highest BCUT2D eigenvalue weighted by molar-refractivity contribution is 5.34. The molecule has 0 saturated carbocycles. The van der Waals surface area contributed by atoms with Gasteiger partial charge in [-0.25, -0.2) is 81.1 Å². The molecule has 11 aromatic rings. The Bertz CT molecular complexity index is 5120. The lowest BCUT2D eigenvalue weighted by molar-refractivity contribution is 0.271. The summed E-state index contributed by atoms with van der Waals surface area (Å²) in [6, 6.07) is 4.41. The van der Waals surface area contributed by atoms with Crippen LogP contribution in [0.2, 0.25) is 0 Å². The summed E-state index contributed by atoms with van der Waals surface area (Å²) in [6.45, 7) is 50.0. The van der Waals surface area contributed by atoms with Gasteiger partial charge in [0.1, 0.15) is 54.2 Å². The zero-order chi connectivity index (χ0) is 96.2. The maximum absolute atomic E-state index is 8.67. The molecule has 61 heteroatoms. The molecule has 11 aromatic heterocycles. The third kappa shape index (κ3) is 40.1. The number of hydrazine groups is 4. The van der Waals surface area contributed by atoms with Gasteiger partial charge >= 0.3 is 0 Å². The number of nitrogens with one attached hydrogen (secondary N) is 9. The molecule has 0 atom stereocenters. The largest absolute Gasteiger partial charge is 0.395 e. The van der Waals surface area contributed by atoms with E-state index in [1.54, 1.807) is 25.1 Å². The van der Waals surface area contributed by atoms with Crippen LogP contribution in [0, 0.1) is 22.7 Å². The molecule has 11 heterocycles. The Morgan fingerprint density at radius 1 is 0.430 bits per heavy atom. The first-order valence-electron chi connectivity index (χ1n) is 39.6. The number of aliphatic hydroxyl groups is 2. The lowest BCUT2D eigenvalue weighted by atomic mass is 10.2. The number of rotatable bonds is 27. The summed E-state index contributed by atoms with van der Waals surface area (Å²) in [5.74, 6) is 31.9. The number of azide groups is 4. The second kappa shape index (κ2) is 60.5. The minimum Gasteiger partial charge on any atom is -0.395 e. The van der Waals surface area contributed by atoms with Crippen molar-refractivity contribution in [3.8, 4) is 12.1 Å². The van der Waals surface area contributed by atoms with Gasteiger partial charge in [0.15, 0.2) is 11.6 Å². The summed E-state index contributed by atoms with van der Waals surface area (Å²) < 4.78 is 11.6. The summed E-state index contributed by atoms with van der Waals surface area (Å²) in [5, 5.41) is 104. The molecular weight excluding hydrogens is 1660 g/mol. The van der Waals surface area contributed by atoms with Crippen molar-refractivity contribution in [2.45, 2.75) is 272 Å². The minimum atomic E-state index is -0.0697. The van der Waals surface area contributed by atoms with Crippen molar-refractivity contribution in [2.75, 3.05) is 57.4 Å². The lowest BCUT2D eigenvalue weighted by Crippen LogP contribution is -2.15. The SMILES string of the molecule is C.CC(C)c1n[nH]c(CO)n1.CC(C)c1n[nH]c(N=[N+]=[N-])n1.CC(C)c1nc(C#N)n[nH]1.CC(C)c1nc(NN)n[nH]1.CC(C)n1nc(C#N)nc1N.CC(C)n1nc(N=[N+]=[N-])nc1N.CC(C)n1nc(N=[N+]=[N-])nc1NCCO.CC(C)n1nc(NN)nc1N.CC(C)n1nc(NN)nc1NN.CCCn1nc(N=[N+]=[N-])nc1C(C)C.CCCn1ncnc1C(C)C. The maximum atomic E-state index is 8.67. The van der Waals surface area contributed by atoms with Gasteiger partial charge in [-0.05, 0) is 125 Å². The molecule has 128 heavy (non-hydrogen) atoms. The molecule has 702 valence electrons. The molecule has 0 amide bonds. The highest BCUT2D eigenvalue weighted by Gasteiger charge is 2.17. The molecule has 25 N–H and O–H groups in total. The summed E-state index contributed by atoms with van der Waals surface area (Å²) in [4.78, 5) is 53.8. The van der Waals surface area contributed by atoms with Crippen LogP contribution in [-0.4, -0.2) is 187 Å². The van der Waals surface area contributed by atoms with E-state index < -0.39 is 0 Å². The van der Waals surface area contributed by atoms with Crippen LogP contribution in [0.4, 0.5) is 71.4 Å². The van der Waals surface area contributed by atoms with Gasteiger partial charge in [0.25, 0.3) is 29.5 Å². The Hall–Kier alpha value is -15.1. The zero-order valence-electron chi connectivity index (χ0n) is 76.0. The van der Waals surface area contributed by atoms with E-state index in [9.17, 15) is 0 Å². The monoisotopic (exact) mass is 1790 g/mol. The molecule has 0 unspecified atom stereocenters. The van der Waals surface area contributed by atoms with Crippen molar-refractivity contribution in [3.63, 3.8) is 0 Å². The molecule has 0 fully saturated rings. The molecule has 0 aliphatic carbocycles. The standard InChI is InChI=1S/C8H14N6.C8H15N3.C7H13N7O.C6H9N5.C6H8N4.C6H11N3O.C5H13N7.C5H9N7.C5H12N6.C5H8N6.C5H11N5.CH4/c1-4-5-14-7(6(2)3)10-8(12-14)11-13-9;1-4-5-11-8(7(2)3)9-6-10-11;1-5(2)14-7(9-3-4-15)10-6(12-14)11-13-8;1-4(2)11-6(8)9-5(3-7)10-11;1-4(2)6-8-5(3-7)9-10-6;1-4(2)6-7-5(3-10)8-9-6;1-3(2)12-5(10-7)8-4(9-6)11-12;1-3(2)12-4(6)8-5(10-12)9-11-7;1-3(2)11-4(6)8-5(9-7)10-11;1-3(2)4-7-5(9-8-4)10-11-6;1-3(2)4-7-5(8-6)10-9-4;/h6H,4-5H2,1-3H3;6-7H,4-5H2,1-3H3;5,15H,3-4H2,1-2H3,(H,9,10,12);4H,1-2H3,(H2,8,9,10);4H,1-2H3,(H,8,9,10);4,10H,3H2,1-2H3,(H,7,8,9);3H,6-7H2,1-2H3,(H2,8,9,10,11);3H,1-2H3,(H2,6,8,10);3H,7H2,1-2H3,(H3,6,8,9,10);3H,1-2H3,(H,7,8,9);3H,6H2,1-2H3,(H2,7,8,9,10);1H4. The molecule has 11 rings (SSSR count). The Kier molecular flexibility index (Phi) is 53.3. The number of nitrogen functional groups attached to an aromatic ring is 7. The number of aromatic nitrogens is 33. The van der Waals surface area contributed by atoms with Crippen LogP contribution in [0.5, 0.6) is 0 Å². The highest BCUT2D eigenvalue weighted by atomic mass is 16.3. The van der Waals surface area contributed by atoms with Gasteiger partial charge in [0.2, 0.25) is 53.5 Å². The smallest absolute Gasteiger partial charge is 0.258 e.